The molecule has 6 nitrogen and oxygen atoms in total. The van der Waals surface area contributed by atoms with E-state index in [9.17, 15) is 4.79 Å². The van der Waals surface area contributed by atoms with E-state index in [-0.39, 0.29) is 5.91 Å². The van der Waals surface area contributed by atoms with Gasteiger partial charge in [-0.1, -0.05) is 11.2 Å². The third-order valence-electron chi connectivity index (χ3n) is 3.74. The molecule has 4 rings (SSSR count). The van der Waals surface area contributed by atoms with Gasteiger partial charge < -0.3 is 14.6 Å². The van der Waals surface area contributed by atoms with Crippen LogP contribution >= 0.6 is 22.7 Å². The largest absolute Gasteiger partial charge is 0.376 e. The highest BCUT2D eigenvalue weighted by atomic mass is 32.1. The Morgan fingerprint density at radius 3 is 3.12 bits per heavy atom. The fourth-order valence-corrected chi connectivity index (χ4v) is 4.44. The summed E-state index contributed by atoms with van der Waals surface area (Å²) in [5, 5.41) is 9.52. The fourth-order valence-electron chi connectivity index (χ4n) is 2.64. The molecule has 128 valence electrons. The number of hydrogen-bond donors (Lipinski definition) is 1. The van der Waals surface area contributed by atoms with Crippen LogP contribution in [-0.4, -0.2) is 22.7 Å². The molecule has 0 saturated heterocycles. The summed E-state index contributed by atoms with van der Waals surface area (Å²) in [5.74, 6) is 0.816. The van der Waals surface area contributed by atoms with E-state index in [1.54, 1.807) is 24.3 Å². The lowest BCUT2D eigenvalue weighted by atomic mass is 10.1. The molecule has 0 bridgehead atoms. The molecule has 4 heterocycles. The van der Waals surface area contributed by atoms with E-state index in [0.717, 1.165) is 32.3 Å². The smallest absolute Gasteiger partial charge is 0.261 e. The third kappa shape index (κ3) is 3.41. The van der Waals surface area contributed by atoms with Gasteiger partial charge in [-0.2, -0.15) is 4.98 Å². The minimum Gasteiger partial charge on any atom is -0.376 e. The zero-order chi connectivity index (χ0) is 17.2. The van der Waals surface area contributed by atoms with Gasteiger partial charge >= 0.3 is 0 Å². The zero-order valence-electron chi connectivity index (χ0n) is 13.4. The van der Waals surface area contributed by atoms with Gasteiger partial charge in [0.2, 0.25) is 5.91 Å². The van der Waals surface area contributed by atoms with Crippen molar-refractivity contribution in [2.45, 2.75) is 20.0 Å². The maximum atomic E-state index is 12.3. The monoisotopic (exact) mass is 373 g/mol. The number of aryl methyl sites for hydroxylation is 1. The average molecular weight is 373 g/mol. The lowest BCUT2D eigenvalue weighted by Gasteiger charge is -2.12. The van der Waals surface area contributed by atoms with Gasteiger partial charge in [0, 0.05) is 15.8 Å². The van der Waals surface area contributed by atoms with Crippen LogP contribution in [0.3, 0.4) is 0 Å². The summed E-state index contributed by atoms with van der Waals surface area (Å²) in [5.41, 5.74) is 1.94. The van der Waals surface area contributed by atoms with E-state index in [0.29, 0.717) is 24.9 Å². The third-order valence-corrected chi connectivity index (χ3v) is 5.70. The lowest BCUT2D eigenvalue weighted by Crippen LogP contribution is -2.09. The first-order chi connectivity index (χ1) is 12.2. The molecule has 0 aromatic carbocycles. The predicted octanol–water partition coefficient (Wildman–Crippen LogP) is 3.89. The van der Waals surface area contributed by atoms with Crippen LogP contribution in [0.5, 0.6) is 0 Å². The van der Waals surface area contributed by atoms with Gasteiger partial charge in [0.05, 0.1) is 18.8 Å². The zero-order valence-corrected chi connectivity index (χ0v) is 15.1. The molecule has 1 N–H and O–H groups in total. The molecule has 0 saturated carbocycles. The van der Waals surface area contributed by atoms with Crippen LogP contribution in [0.2, 0.25) is 0 Å². The summed E-state index contributed by atoms with van der Waals surface area (Å²) < 4.78 is 10.9. The molecule has 0 aliphatic carbocycles. The average Bonchev–Trinajstić information content (AvgIpc) is 3.32. The minimum atomic E-state index is -0.189. The quantitative estimate of drug-likeness (QED) is 0.702. The van der Waals surface area contributed by atoms with Crippen LogP contribution in [0.1, 0.15) is 21.1 Å². The van der Waals surface area contributed by atoms with Crippen molar-refractivity contribution in [3.8, 4) is 11.5 Å². The maximum Gasteiger partial charge on any atom is 0.261 e. The summed E-state index contributed by atoms with van der Waals surface area (Å²) >= 11 is 3.08. The van der Waals surface area contributed by atoms with Gasteiger partial charge in [0.1, 0.15) is 5.00 Å². The van der Waals surface area contributed by atoms with Crippen molar-refractivity contribution in [2.24, 2.45) is 0 Å². The second-order valence-electron chi connectivity index (χ2n) is 5.50. The Morgan fingerprint density at radius 2 is 2.36 bits per heavy atom. The van der Waals surface area contributed by atoms with Gasteiger partial charge in [-0.3, -0.25) is 4.79 Å². The van der Waals surface area contributed by atoms with Crippen LogP contribution in [0, 0.1) is 6.92 Å². The van der Waals surface area contributed by atoms with E-state index < -0.39 is 0 Å². The standard InChI is InChI=1S/C17H15N3O3S2/c1-10-18-16(23-20-10)15-12-6-7-22-9-13(12)25-17(15)19-14(21)5-4-11-3-2-8-24-11/h2-5,8H,6-7,9H2,1H3,(H,19,21)/b5-4+. The fraction of sp³-hybridized carbons (Fsp3) is 0.235. The second-order valence-corrected chi connectivity index (χ2v) is 7.58. The Hall–Kier alpha value is -2.29. The van der Waals surface area contributed by atoms with Crippen molar-refractivity contribution in [3.63, 3.8) is 0 Å². The van der Waals surface area contributed by atoms with Crippen molar-refractivity contribution in [1.29, 1.82) is 0 Å². The molecule has 3 aromatic rings. The van der Waals surface area contributed by atoms with E-state index in [1.807, 2.05) is 17.5 Å². The number of amides is 1. The number of nitrogens with zero attached hydrogens (tertiary/aromatic N) is 2. The summed E-state index contributed by atoms with van der Waals surface area (Å²) in [6, 6.07) is 3.91. The maximum absolute atomic E-state index is 12.3. The van der Waals surface area contributed by atoms with Crippen LogP contribution in [-0.2, 0) is 22.6 Å². The van der Waals surface area contributed by atoms with Gasteiger partial charge in [-0.25, -0.2) is 0 Å². The number of aromatic nitrogens is 2. The number of ether oxygens (including phenoxy) is 1. The van der Waals surface area contributed by atoms with E-state index in [1.165, 1.54) is 17.4 Å². The van der Waals surface area contributed by atoms with Crippen molar-refractivity contribution in [1.82, 2.24) is 10.1 Å². The summed E-state index contributed by atoms with van der Waals surface area (Å²) in [4.78, 5) is 18.8. The van der Waals surface area contributed by atoms with Gasteiger partial charge in [0.15, 0.2) is 5.82 Å². The van der Waals surface area contributed by atoms with Crippen LogP contribution in [0.4, 0.5) is 5.00 Å². The number of thiophene rings is 2. The van der Waals surface area contributed by atoms with E-state index in [4.69, 9.17) is 9.26 Å². The molecule has 1 amide bonds. The number of fused-ring (bicyclic) bond motifs is 1. The molecule has 1 aliphatic heterocycles. The van der Waals surface area contributed by atoms with Crippen molar-refractivity contribution in [3.05, 3.63) is 44.7 Å². The number of nitrogens with one attached hydrogen (secondary N) is 1. The molecular weight excluding hydrogens is 358 g/mol. The van der Waals surface area contributed by atoms with Crippen molar-refractivity contribution >= 4 is 39.7 Å². The molecular formula is C17H15N3O3S2. The molecule has 0 atom stereocenters. The molecule has 8 heteroatoms. The summed E-state index contributed by atoms with van der Waals surface area (Å²) in [7, 11) is 0. The highest BCUT2D eigenvalue weighted by molar-refractivity contribution is 7.17. The molecule has 0 radical (unpaired) electrons. The Morgan fingerprint density at radius 1 is 1.44 bits per heavy atom. The molecule has 3 aromatic heterocycles. The first-order valence-electron chi connectivity index (χ1n) is 7.76. The van der Waals surface area contributed by atoms with E-state index in [2.05, 4.69) is 15.5 Å². The minimum absolute atomic E-state index is 0.189. The first-order valence-corrected chi connectivity index (χ1v) is 9.46. The topological polar surface area (TPSA) is 77.2 Å². The van der Waals surface area contributed by atoms with Crippen LogP contribution in [0.25, 0.3) is 17.5 Å². The molecule has 25 heavy (non-hydrogen) atoms. The van der Waals surface area contributed by atoms with Crippen molar-refractivity contribution in [2.75, 3.05) is 11.9 Å². The van der Waals surface area contributed by atoms with Gasteiger partial charge in [-0.05, 0) is 36.4 Å². The number of anilines is 1. The van der Waals surface area contributed by atoms with Gasteiger partial charge in [-0.15, -0.1) is 22.7 Å². The SMILES string of the molecule is Cc1noc(-c2c(NC(=O)/C=C/c3cccs3)sc3c2CCOC3)n1. The molecule has 0 fully saturated rings. The summed E-state index contributed by atoms with van der Waals surface area (Å²) in [6.07, 6.45) is 4.10. The lowest BCUT2D eigenvalue weighted by molar-refractivity contribution is -0.111. The Bertz CT molecular complexity index is 925. The van der Waals surface area contributed by atoms with Crippen LogP contribution < -0.4 is 5.32 Å². The number of rotatable bonds is 4. The van der Waals surface area contributed by atoms with Crippen LogP contribution in [0.15, 0.2) is 28.1 Å². The van der Waals surface area contributed by atoms with E-state index >= 15 is 0 Å². The van der Waals surface area contributed by atoms with Crippen molar-refractivity contribution < 1.29 is 14.1 Å². The molecule has 0 unspecified atom stereocenters. The number of hydrogen-bond acceptors (Lipinski definition) is 7. The number of carbonyl (C=O) groups excluding carboxylic acids is 1. The van der Waals surface area contributed by atoms with Gasteiger partial charge in [0.25, 0.3) is 5.89 Å². The highest BCUT2D eigenvalue weighted by Gasteiger charge is 2.26. The second kappa shape index (κ2) is 6.91. The predicted molar refractivity (Wildman–Crippen MR) is 97.7 cm³/mol. The molecule has 1 aliphatic rings. The highest BCUT2D eigenvalue weighted by Crippen LogP contribution is 2.42. The first kappa shape index (κ1) is 16.2. The Labute approximate surface area is 152 Å². The normalized spacial score (nSPS) is 14.0. The number of carbonyl (C=O) groups is 1. The Balaban J connectivity index is 1.64. The summed E-state index contributed by atoms with van der Waals surface area (Å²) in [6.45, 7) is 2.97. The Kier molecular flexibility index (Phi) is 4.48. The molecule has 0 spiro atoms.